The number of thiophene rings is 1. The van der Waals surface area contributed by atoms with Crippen LogP contribution in [-0.2, 0) is 24.7 Å². The third-order valence-corrected chi connectivity index (χ3v) is 13.5. The summed E-state index contributed by atoms with van der Waals surface area (Å²) in [5.74, 6) is -1.82. The third-order valence-electron chi connectivity index (χ3n) is 8.77. The minimum Gasteiger partial charge on any atom is -1.00 e. The van der Waals surface area contributed by atoms with Gasteiger partial charge in [0.1, 0.15) is 85.8 Å². The van der Waals surface area contributed by atoms with E-state index in [0.717, 1.165) is 97.3 Å². The molecule has 298 valence electrons. The molecule has 3 fully saturated rings. The molecular weight excluding hydrogens is 927 g/mol. The molecule has 1 aromatic heterocycles. The van der Waals surface area contributed by atoms with Crippen molar-refractivity contribution in [3.8, 4) is 17.6 Å². The van der Waals surface area contributed by atoms with Crippen molar-refractivity contribution in [1.82, 2.24) is 4.72 Å². The van der Waals surface area contributed by atoms with Crippen molar-refractivity contribution in [2.24, 2.45) is 5.11 Å². The van der Waals surface area contributed by atoms with E-state index < -0.39 is 56.9 Å². The summed E-state index contributed by atoms with van der Waals surface area (Å²) in [5, 5.41) is 12.5. The van der Waals surface area contributed by atoms with Crippen LogP contribution in [0.15, 0.2) is 45.7 Å². The number of ether oxygens (including phenoxy) is 1. The first-order chi connectivity index (χ1) is 24.6. The second-order valence-corrected chi connectivity index (χ2v) is 18.3. The van der Waals surface area contributed by atoms with E-state index in [-0.39, 0.29) is 44.9 Å². The maximum absolute atomic E-state index is 15.0. The third kappa shape index (κ3) is 11.8. The van der Waals surface area contributed by atoms with Gasteiger partial charge in [0.05, 0.1) is 18.4 Å². The van der Waals surface area contributed by atoms with E-state index in [1.54, 1.807) is 12.1 Å². The summed E-state index contributed by atoms with van der Waals surface area (Å²) in [7, 11) is -15.3. The fraction of sp³-hybridized carbons (Fsp3) is 0.464. The SMILES string of the molecule is N#Cc1ccc(OP(=O)([O-])CNS(=O)(=O)c2cc3c(F)cc(OCC[N+]45CC[N+](CCCN=[N+]=[N-])(CC4)CC5)cc3s2)cc1F.O=S(=O)([O-])C(F)(F)F.[I-]. The Morgan fingerprint density at radius 2 is 1.57 bits per heavy atom. The van der Waals surface area contributed by atoms with Crippen molar-refractivity contribution >= 4 is 49.2 Å². The lowest BCUT2D eigenvalue weighted by molar-refractivity contribution is -1.08. The van der Waals surface area contributed by atoms with Gasteiger partial charge in [0, 0.05) is 40.1 Å². The van der Waals surface area contributed by atoms with Crippen molar-refractivity contribution in [1.29, 1.82) is 5.26 Å². The fourth-order valence-corrected chi connectivity index (χ4v) is 9.78. The molecule has 0 radical (unpaired) electrons. The van der Waals surface area contributed by atoms with Gasteiger partial charge in [-0.2, -0.15) is 18.4 Å². The number of nitrogens with one attached hydrogen (secondary N) is 1. The molecule has 2 bridgehead atoms. The Kier molecular flexibility index (Phi) is 15.1. The molecule has 3 aliphatic rings. The van der Waals surface area contributed by atoms with E-state index in [4.69, 9.17) is 33.0 Å². The molecule has 0 amide bonds. The number of quaternary nitrogens is 2. The second-order valence-electron chi connectivity index (χ2n) is 12.2. The number of benzene rings is 2. The zero-order valence-corrected chi connectivity index (χ0v) is 33.2. The van der Waals surface area contributed by atoms with Crippen LogP contribution in [0.2, 0.25) is 0 Å². The number of hydrogen-bond acceptors (Lipinski definition) is 12. The van der Waals surface area contributed by atoms with Gasteiger partial charge in [-0.1, -0.05) is 5.11 Å². The highest BCUT2D eigenvalue weighted by atomic mass is 127. The summed E-state index contributed by atoms with van der Waals surface area (Å²) in [6.07, 6.45) is -0.267. The Morgan fingerprint density at radius 3 is 2.11 bits per heavy atom. The van der Waals surface area contributed by atoms with E-state index in [9.17, 15) is 39.8 Å². The molecular formula is C28H31F5IN7O9PS3-. The maximum atomic E-state index is 15.0. The molecule has 2 aromatic carbocycles. The lowest BCUT2D eigenvalue weighted by Crippen LogP contribution is -3.00. The summed E-state index contributed by atoms with van der Waals surface area (Å²) in [5.41, 5.74) is 2.53. The number of nitriles is 1. The van der Waals surface area contributed by atoms with Crippen LogP contribution in [0.1, 0.15) is 12.0 Å². The Labute approximate surface area is 327 Å². The smallest absolute Gasteiger partial charge is 0.485 e. The lowest BCUT2D eigenvalue weighted by Gasteiger charge is -2.55. The molecule has 0 saturated carbocycles. The number of hydrogen-bond donors (Lipinski definition) is 1. The molecule has 26 heteroatoms. The molecule has 1 N–H and O–H groups in total. The van der Waals surface area contributed by atoms with Gasteiger partial charge < -0.3 is 51.6 Å². The van der Waals surface area contributed by atoms with Crippen LogP contribution < -0.4 is 42.9 Å². The van der Waals surface area contributed by atoms with E-state index in [0.29, 0.717) is 23.9 Å². The first kappa shape index (κ1) is 45.5. The molecule has 4 heterocycles. The lowest BCUT2D eigenvalue weighted by atomic mass is 10.1. The number of piperazine rings is 3. The summed E-state index contributed by atoms with van der Waals surface area (Å²) in [4.78, 5) is 15.2. The van der Waals surface area contributed by atoms with E-state index >= 15 is 0 Å². The minimum absolute atomic E-state index is 0. The number of halogens is 6. The second kappa shape index (κ2) is 17.9. The zero-order valence-electron chi connectivity index (χ0n) is 27.7. The molecule has 1 unspecified atom stereocenters. The molecule has 3 saturated heterocycles. The van der Waals surface area contributed by atoms with E-state index in [2.05, 4.69) is 10.0 Å². The number of sulfonamides is 1. The van der Waals surface area contributed by atoms with Gasteiger partial charge in [-0.05, 0) is 29.8 Å². The number of nitrogens with zero attached hydrogens (tertiary/aromatic N) is 6. The zero-order chi connectivity index (χ0) is 39.3. The summed E-state index contributed by atoms with van der Waals surface area (Å²) >= 11 is 0.758. The van der Waals surface area contributed by atoms with Crippen LogP contribution in [0.3, 0.4) is 0 Å². The van der Waals surface area contributed by atoms with Gasteiger partial charge in [-0.25, -0.2) is 30.3 Å². The topological polar surface area (TPSA) is 235 Å². The summed E-state index contributed by atoms with van der Waals surface area (Å²) in [6, 6.07) is 8.27. The Bertz CT molecular complexity index is 2180. The average molecular weight is 959 g/mol. The van der Waals surface area contributed by atoms with Crippen LogP contribution >= 0.6 is 18.9 Å². The number of fused-ring (bicyclic) bond motifs is 4. The highest BCUT2D eigenvalue weighted by Gasteiger charge is 2.48. The van der Waals surface area contributed by atoms with Crippen molar-refractivity contribution in [3.63, 3.8) is 0 Å². The first-order valence-electron chi connectivity index (χ1n) is 15.4. The first-order valence-corrected chi connectivity index (χ1v) is 20.8. The normalized spacial score (nSPS) is 20.7. The molecule has 54 heavy (non-hydrogen) atoms. The van der Waals surface area contributed by atoms with Gasteiger partial charge in [0.2, 0.25) is 0 Å². The predicted octanol–water partition coefficient (Wildman–Crippen LogP) is 0.715. The van der Waals surface area contributed by atoms with E-state index in [1.165, 1.54) is 6.07 Å². The molecule has 6 rings (SSSR count). The van der Waals surface area contributed by atoms with Crippen molar-refractivity contribution in [2.45, 2.75) is 16.1 Å². The van der Waals surface area contributed by atoms with Crippen LogP contribution in [0.4, 0.5) is 22.0 Å². The number of alkyl halides is 3. The summed E-state index contributed by atoms with van der Waals surface area (Å²) < 4.78 is 140. The van der Waals surface area contributed by atoms with Crippen LogP contribution in [-0.4, -0.2) is 108 Å². The number of azide groups is 1. The monoisotopic (exact) mass is 958 g/mol. The molecule has 0 aliphatic carbocycles. The van der Waals surface area contributed by atoms with Gasteiger partial charge >= 0.3 is 5.51 Å². The van der Waals surface area contributed by atoms with Crippen LogP contribution in [0.5, 0.6) is 11.5 Å². The minimum atomic E-state index is -6.09. The largest absolute Gasteiger partial charge is 1.00 e. The molecule has 3 aromatic rings. The predicted molar refractivity (Wildman–Crippen MR) is 176 cm³/mol. The Morgan fingerprint density at radius 1 is 1.00 bits per heavy atom. The quantitative estimate of drug-likeness (QED) is 0.0227. The molecule has 16 nitrogen and oxygen atoms in total. The maximum Gasteiger partial charge on any atom is 0.485 e. The Balaban J connectivity index is 0.000000784. The van der Waals surface area contributed by atoms with Crippen molar-refractivity contribution < 1.29 is 95.0 Å². The van der Waals surface area contributed by atoms with Crippen LogP contribution in [0, 0.1) is 23.0 Å². The standard InChI is InChI=1S/C27H31F2N7O6PS2.CHF3O3S.HI/c28-24-14-21(3-2-20(24)18-30)42-43(37,38)19-33-45(39,40)27-17-23-25(29)15-22(16-26(23)44-27)41-13-12-36-9-6-35(7-10-36,8-11-36)5-1-4-32-34-31;2-1(3,4)8(5,6)7;/h2-3,14-17,33H,1,4-13,19H2;(H,5,6,7);1H/q+1;;/p-2. The summed E-state index contributed by atoms with van der Waals surface area (Å²) in [6.45, 7) is 8.86. The molecule has 3 aliphatic heterocycles. The van der Waals surface area contributed by atoms with Gasteiger partial charge in [0.15, 0.2) is 17.7 Å². The average Bonchev–Trinajstić information content (AvgIpc) is 3.53. The fourth-order valence-electron chi connectivity index (χ4n) is 5.83. The molecule has 1 atom stereocenters. The van der Waals surface area contributed by atoms with Gasteiger partial charge in [0.25, 0.3) is 10.0 Å². The van der Waals surface area contributed by atoms with Gasteiger partial charge in [-0.15, -0.1) is 11.3 Å². The van der Waals surface area contributed by atoms with Crippen LogP contribution in [0.25, 0.3) is 20.5 Å². The number of rotatable bonds is 14. The van der Waals surface area contributed by atoms with Crippen molar-refractivity contribution in [3.05, 3.63) is 64.0 Å². The molecule has 0 spiro atoms. The Hall–Kier alpha value is -2.89. The highest BCUT2D eigenvalue weighted by Crippen LogP contribution is 2.39. The van der Waals surface area contributed by atoms with Gasteiger partial charge in [-0.3, -0.25) is 4.57 Å². The highest BCUT2D eigenvalue weighted by molar-refractivity contribution is 7.92. The van der Waals surface area contributed by atoms with E-state index in [1.807, 2.05) is 4.72 Å². The van der Waals surface area contributed by atoms with Crippen molar-refractivity contribution in [2.75, 3.05) is 71.8 Å².